The van der Waals surface area contributed by atoms with Crippen LogP contribution in [-0.4, -0.2) is 31.3 Å². The predicted octanol–water partition coefficient (Wildman–Crippen LogP) is 4.29. The molecule has 7 nitrogen and oxygen atoms in total. The third-order valence-corrected chi connectivity index (χ3v) is 4.94. The Morgan fingerprint density at radius 3 is 1.77 bits per heavy atom. The number of ether oxygens (including phenoxy) is 4. The largest absolute Gasteiger partial charge is 0.508 e. The number of carbonyl (C=O) groups is 3. The van der Waals surface area contributed by atoms with E-state index in [0.717, 1.165) is 11.1 Å². The van der Waals surface area contributed by atoms with Gasteiger partial charge >= 0.3 is 12.3 Å². The van der Waals surface area contributed by atoms with Crippen LogP contribution >= 0.6 is 0 Å². The maximum Gasteiger partial charge on any atom is 0.508 e. The van der Waals surface area contributed by atoms with Crippen LogP contribution in [0, 0.1) is 11.8 Å². The smallest absolute Gasteiger partial charge is 0.434 e. The van der Waals surface area contributed by atoms with Gasteiger partial charge in [-0.15, -0.1) is 0 Å². The number of ketones is 1. The number of Topliss-reactive ketones (excluding diaryl/α,β-unsaturated/α-hetero) is 1. The van der Waals surface area contributed by atoms with E-state index in [-0.39, 0.29) is 38.1 Å². The maximum absolute atomic E-state index is 12.1. The van der Waals surface area contributed by atoms with E-state index in [1.165, 1.54) is 0 Å². The van der Waals surface area contributed by atoms with Crippen molar-refractivity contribution < 1.29 is 33.3 Å². The highest BCUT2D eigenvalue weighted by molar-refractivity contribution is 5.83. The van der Waals surface area contributed by atoms with Crippen molar-refractivity contribution in [3.05, 3.63) is 71.8 Å². The molecular weight excluding hydrogens is 388 g/mol. The van der Waals surface area contributed by atoms with Crippen molar-refractivity contribution in [3.63, 3.8) is 0 Å². The van der Waals surface area contributed by atoms with Gasteiger partial charge in [-0.2, -0.15) is 0 Å². The molecule has 2 aromatic rings. The molecule has 3 rings (SSSR count). The molecule has 2 atom stereocenters. The molecule has 0 bridgehead atoms. The standard InChI is InChI=1S/C23H24O7/c24-21-12-11-19(15-29-22(25)27-13-17-7-3-1-4-8-17)20(21)16-30-23(26)28-14-18-9-5-2-6-10-18/h1-10,19-20H,11-16H2/t19-,20+/m0/s1. The van der Waals surface area contributed by atoms with Gasteiger partial charge in [-0.3, -0.25) is 4.79 Å². The lowest BCUT2D eigenvalue weighted by Crippen LogP contribution is -2.27. The first-order chi connectivity index (χ1) is 14.6. The molecule has 0 spiro atoms. The minimum atomic E-state index is -0.833. The minimum absolute atomic E-state index is 0.0166. The summed E-state index contributed by atoms with van der Waals surface area (Å²) in [7, 11) is 0. The third-order valence-electron chi connectivity index (χ3n) is 4.94. The van der Waals surface area contributed by atoms with Crippen LogP contribution in [0.2, 0.25) is 0 Å². The van der Waals surface area contributed by atoms with Crippen LogP contribution in [-0.2, 0) is 37.0 Å². The first kappa shape index (κ1) is 21.4. The summed E-state index contributed by atoms with van der Waals surface area (Å²) in [6.07, 6.45) is -0.696. The van der Waals surface area contributed by atoms with Gasteiger partial charge in [0.2, 0.25) is 0 Å². The number of hydrogen-bond donors (Lipinski definition) is 0. The number of carbonyl (C=O) groups excluding carboxylic acids is 3. The molecule has 0 amide bonds. The van der Waals surface area contributed by atoms with Crippen LogP contribution in [0.4, 0.5) is 9.59 Å². The van der Waals surface area contributed by atoms with E-state index in [0.29, 0.717) is 12.8 Å². The zero-order chi connectivity index (χ0) is 21.2. The highest BCUT2D eigenvalue weighted by atomic mass is 16.7. The Kier molecular flexibility index (Phi) is 7.83. The predicted molar refractivity (Wildman–Crippen MR) is 106 cm³/mol. The molecule has 30 heavy (non-hydrogen) atoms. The summed E-state index contributed by atoms with van der Waals surface area (Å²) >= 11 is 0. The second kappa shape index (κ2) is 11.0. The molecule has 7 heteroatoms. The van der Waals surface area contributed by atoms with Gasteiger partial charge in [-0.05, 0) is 17.5 Å². The molecule has 158 valence electrons. The van der Waals surface area contributed by atoms with E-state index < -0.39 is 18.2 Å². The first-order valence-corrected chi connectivity index (χ1v) is 9.81. The normalized spacial score (nSPS) is 17.9. The van der Waals surface area contributed by atoms with Crippen LogP contribution in [0.25, 0.3) is 0 Å². The molecule has 0 aliphatic heterocycles. The van der Waals surface area contributed by atoms with Gasteiger partial charge in [0.15, 0.2) is 0 Å². The van der Waals surface area contributed by atoms with Crippen molar-refractivity contribution in [1.29, 1.82) is 0 Å². The summed E-state index contributed by atoms with van der Waals surface area (Å²) < 4.78 is 20.4. The fourth-order valence-corrected chi connectivity index (χ4v) is 3.25. The van der Waals surface area contributed by atoms with Crippen molar-refractivity contribution >= 4 is 18.1 Å². The van der Waals surface area contributed by atoms with Crippen molar-refractivity contribution in [2.24, 2.45) is 11.8 Å². The number of benzene rings is 2. The molecule has 2 aromatic carbocycles. The van der Waals surface area contributed by atoms with Crippen molar-refractivity contribution in [3.8, 4) is 0 Å². The van der Waals surface area contributed by atoms with Crippen LogP contribution in [0.1, 0.15) is 24.0 Å². The maximum atomic E-state index is 12.1. The van der Waals surface area contributed by atoms with Crippen LogP contribution in [0.15, 0.2) is 60.7 Å². The molecule has 0 saturated heterocycles. The topological polar surface area (TPSA) is 88.1 Å². The Labute approximate surface area is 174 Å². The molecule has 0 aromatic heterocycles. The van der Waals surface area contributed by atoms with Crippen LogP contribution in [0.5, 0.6) is 0 Å². The van der Waals surface area contributed by atoms with Gasteiger partial charge in [0.1, 0.15) is 25.6 Å². The van der Waals surface area contributed by atoms with E-state index in [2.05, 4.69) is 0 Å². The Hall–Kier alpha value is -3.35. The summed E-state index contributed by atoms with van der Waals surface area (Å²) in [6.45, 7) is 0.146. The van der Waals surface area contributed by atoms with Gasteiger partial charge < -0.3 is 18.9 Å². The first-order valence-electron chi connectivity index (χ1n) is 9.81. The summed E-state index contributed by atoms with van der Waals surface area (Å²) in [4.78, 5) is 35.8. The Bertz CT molecular complexity index is 835. The second-order valence-corrected chi connectivity index (χ2v) is 7.04. The molecule has 0 unspecified atom stereocenters. The third kappa shape index (κ3) is 6.62. The van der Waals surface area contributed by atoms with Crippen LogP contribution in [0.3, 0.4) is 0 Å². The van der Waals surface area contributed by atoms with Gasteiger partial charge in [0.05, 0.1) is 12.5 Å². The summed E-state index contributed by atoms with van der Waals surface area (Å²) in [5.41, 5.74) is 1.69. The van der Waals surface area contributed by atoms with E-state index in [4.69, 9.17) is 18.9 Å². The zero-order valence-electron chi connectivity index (χ0n) is 16.5. The highest BCUT2D eigenvalue weighted by Gasteiger charge is 2.36. The quantitative estimate of drug-likeness (QED) is 0.598. The molecule has 1 fully saturated rings. The molecule has 0 heterocycles. The lowest BCUT2D eigenvalue weighted by atomic mass is 9.97. The monoisotopic (exact) mass is 412 g/mol. The summed E-state index contributed by atoms with van der Waals surface area (Å²) in [5.74, 6) is -0.753. The van der Waals surface area contributed by atoms with Gasteiger partial charge in [0.25, 0.3) is 0 Å². The summed E-state index contributed by atoms with van der Waals surface area (Å²) in [5, 5.41) is 0. The van der Waals surface area contributed by atoms with Crippen molar-refractivity contribution in [2.75, 3.05) is 13.2 Å². The van der Waals surface area contributed by atoms with Gasteiger partial charge in [-0.1, -0.05) is 60.7 Å². The Morgan fingerprint density at radius 2 is 1.23 bits per heavy atom. The van der Waals surface area contributed by atoms with E-state index >= 15 is 0 Å². The Morgan fingerprint density at radius 1 is 0.733 bits per heavy atom. The van der Waals surface area contributed by atoms with E-state index in [9.17, 15) is 14.4 Å². The highest BCUT2D eigenvalue weighted by Crippen LogP contribution is 2.29. The SMILES string of the molecule is O=C(OCc1ccccc1)OC[C@@H]1CCC(=O)[C@@H]1COC(=O)OCc1ccccc1. The molecular formula is C23H24O7. The minimum Gasteiger partial charge on any atom is -0.434 e. The molecule has 1 aliphatic carbocycles. The van der Waals surface area contributed by atoms with Crippen molar-refractivity contribution in [2.45, 2.75) is 26.1 Å². The average molecular weight is 412 g/mol. The molecule has 1 aliphatic rings. The molecule has 0 N–H and O–H groups in total. The van der Waals surface area contributed by atoms with E-state index in [1.807, 2.05) is 60.7 Å². The molecule has 1 saturated carbocycles. The summed E-state index contributed by atoms with van der Waals surface area (Å²) in [6, 6.07) is 18.5. The Balaban J connectivity index is 1.38. The number of hydrogen-bond acceptors (Lipinski definition) is 7. The zero-order valence-corrected chi connectivity index (χ0v) is 16.5. The van der Waals surface area contributed by atoms with Crippen LogP contribution < -0.4 is 0 Å². The average Bonchev–Trinajstić information content (AvgIpc) is 3.14. The fraction of sp³-hybridized carbons (Fsp3) is 0.348. The lowest BCUT2D eigenvalue weighted by Gasteiger charge is -2.18. The fourth-order valence-electron chi connectivity index (χ4n) is 3.25. The second-order valence-electron chi connectivity index (χ2n) is 7.04. The molecule has 0 radical (unpaired) electrons. The van der Waals surface area contributed by atoms with Crippen molar-refractivity contribution in [1.82, 2.24) is 0 Å². The lowest BCUT2D eigenvalue weighted by molar-refractivity contribution is -0.123. The van der Waals surface area contributed by atoms with E-state index in [1.54, 1.807) is 0 Å². The van der Waals surface area contributed by atoms with Gasteiger partial charge in [-0.25, -0.2) is 9.59 Å². The van der Waals surface area contributed by atoms with Gasteiger partial charge in [0, 0.05) is 12.3 Å². The number of rotatable bonds is 8.